The van der Waals surface area contributed by atoms with Crippen molar-refractivity contribution in [3.63, 3.8) is 0 Å². The molecule has 2 nitrogen and oxygen atoms in total. The summed E-state index contributed by atoms with van der Waals surface area (Å²) >= 11 is 0. The largest absolute Gasteiger partial charge is 0.310 e. The molecule has 71 heavy (non-hydrogen) atoms. The Labute approximate surface area is 417 Å². The maximum absolute atomic E-state index is 2.52. The molecular weight excluding hydrogens is 857 g/mol. The van der Waals surface area contributed by atoms with Crippen LogP contribution in [-0.4, -0.2) is 4.57 Å². The number of hydrogen-bond acceptors (Lipinski definition) is 1. The van der Waals surface area contributed by atoms with Crippen molar-refractivity contribution in [2.45, 2.75) is 57.8 Å². The zero-order valence-corrected chi connectivity index (χ0v) is 41.2. The van der Waals surface area contributed by atoms with E-state index < -0.39 is 0 Å². The van der Waals surface area contributed by atoms with E-state index in [1.54, 1.807) is 0 Å². The number of benzene rings is 10. The molecule has 0 N–H and O–H groups in total. The van der Waals surface area contributed by atoms with E-state index in [9.17, 15) is 0 Å². The summed E-state index contributed by atoms with van der Waals surface area (Å²) in [6, 6.07) is 82.2. The van der Waals surface area contributed by atoms with Gasteiger partial charge in [-0.25, -0.2) is 0 Å². The normalized spacial score (nSPS) is 15.0. The van der Waals surface area contributed by atoms with Crippen molar-refractivity contribution in [2.75, 3.05) is 4.90 Å². The molecule has 0 saturated carbocycles. The third-order valence-corrected chi connectivity index (χ3v) is 16.8. The number of hydrogen-bond donors (Lipinski definition) is 0. The van der Waals surface area contributed by atoms with Gasteiger partial charge in [-0.3, -0.25) is 0 Å². The minimum Gasteiger partial charge on any atom is -0.310 e. The predicted octanol–water partition coefficient (Wildman–Crippen LogP) is 18.5. The third kappa shape index (κ3) is 6.01. The Morgan fingerprint density at radius 3 is 1.25 bits per heavy atom. The van der Waals surface area contributed by atoms with Crippen molar-refractivity contribution in [3.05, 3.63) is 252 Å². The van der Waals surface area contributed by atoms with Crippen molar-refractivity contribution in [1.82, 2.24) is 4.57 Å². The average Bonchev–Trinajstić information content (AvgIpc) is 4.02. The first-order valence-corrected chi connectivity index (χ1v) is 25.2. The molecule has 0 bridgehead atoms. The SMILES string of the molecule is CC1(C)c2ccccc2-c2ccc(N(c3ccc4c(c3)C(C)(C)c3ccccc3-4)c3ccc4c(c3)C(C)(C)c3cc(-c5ccc6c(c5)c5ccccc5n6-c5ccc(-c6ccccc6)cc5)ccc3-4)cc21. The van der Waals surface area contributed by atoms with Gasteiger partial charge < -0.3 is 9.47 Å². The first-order chi connectivity index (χ1) is 34.5. The highest BCUT2D eigenvalue weighted by atomic mass is 15.1. The second kappa shape index (κ2) is 14.9. The zero-order valence-electron chi connectivity index (χ0n) is 41.2. The van der Waals surface area contributed by atoms with Crippen LogP contribution in [0.2, 0.25) is 0 Å². The molecule has 0 fully saturated rings. The van der Waals surface area contributed by atoms with E-state index in [0.29, 0.717) is 0 Å². The number of fused-ring (bicyclic) bond motifs is 12. The molecule has 0 atom stereocenters. The van der Waals surface area contributed by atoms with Gasteiger partial charge >= 0.3 is 0 Å². The molecule has 340 valence electrons. The van der Waals surface area contributed by atoms with E-state index in [0.717, 1.165) is 5.69 Å². The Hall–Kier alpha value is -8.20. The Kier molecular flexibility index (Phi) is 8.76. The monoisotopic (exact) mass is 910 g/mol. The van der Waals surface area contributed by atoms with Crippen LogP contribution in [0.4, 0.5) is 17.1 Å². The fourth-order valence-corrected chi connectivity index (χ4v) is 13.0. The Balaban J connectivity index is 0.862. The smallest absolute Gasteiger partial charge is 0.0541 e. The van der Waals surface area contributed by atoms with Crippen molar-refractivity contribution >= 4 is 38.9 Å². The fraction of sp³-hybridized carbons (Fsp3) is 0.130. The zero-order chi connectivity index (χ0) is 48.0. The highest BCUT2D eigenvalue weighted by Crippen LogP contribution is 2.55. The standard InChI is InChI=1S/C69H54N2/c1-67(2)59-21-13-10-18-51(59)54-34-30-48(40-62(54)67)70(49-31-35-55-52-19-11-14-22-60(52)68(3,4)63(55)41-49)50-32-36-56-53-33-26-46(39-61(53)69(5,6)64(56)42-50)45-27-37-66-58(38-45)57-20-12-15-23-65(57)71(66)47-28-24-44(25-29-47)43-16-8-7-9-17-43/h7-42H,1-6H3. The number of aromatic nitrogens is 1. The fourth-order valence-electron chi connectivity index (χ4n) is 13.0. The molecule has 0 aliphatic heterocycles. The molecule has 0 unspecified atom stereocenters. The Bertz CT molecular complexity index is 3900. The summed E-state index contributed by atoms with van der Waals surface area (Å²) in [4.78, 5) is 2.52. The van der Waals surface area contributed by atoms with Crippen molar-refractivity contribution in [1.29, 1.82) is 0 Å². The van der Waals surface area contributed by atoms with Crippen LogP contribution in [0.3, 0.4) is 0 Å². The van der Waals surface area contributed by atoms with Crippen molar-refractivity contribution in [3.8, 4) is 61.3 Å². The van der Waals surface area contributed by atoms with Crippen LogP contribution in [0.1, 0.15) is 74.9 Å². The molecule has 2 heteroatoms. The topological polar surface area (TPSA) is 8.17 Å². The average molecular weight is 911 g/mol. The van der Waals surface area contributed by atoms with Crippen LogP contribution in [0.5, 0.6) is 0 Å². The van der Waals surface area contributed by atoms with Gasteiger partial charge in [-0.2, -0.15) is 0 Å². The molecule has 0 radical (unpaired) electrons. The molecular formula is C69H54N2. The molecule has 14 rings (SSSR count). The van der Waals surface area contributed by atoms with Crippen molar-refractivity contribution < 1.29 is 0 Å². The summed E-state index contributed by atoms with van der Waals surface area (Å²) in [7, 11) is 0. The molecule has 3 aliphatic rings. The minimum atomic E-state index is -0.239. The van der Waals surface area contributed by atoms with E-state index in [4.69, 9.17) is 0 Å². The van der Waals surface area contributed by atoms with Gasteiger partial charge in [0, 0.05) is 49.8 Å². The van der Waals surface area contributed by atoms with E-state index in [-0.39, 0.29) is 16.2 Å². The first kappa shape index (κ1) is 41.7. The number of nitrogens with zero attached hydrogens (tertiary/aromatic N) is 2. The van der Waals surface area contributed by atoms with Crippen LogP contribution in [-0.2, 0) is 16.2 Å². The lowest BCUT2D eigenvalue weighted by atomic mass is 9.81. The van der Waals surface area contributed by atoms with Crippen LogP contribution in [0.15, 0.2) is 218 Å². The lowest BCUT2D eigenvalue weighted by Crippen LogP contribution is -2.19. The second-order valence-corrected chi connectivity index (χ2v) is 21.7. The summed E-state index contributed by atoms with van der Waals surface area (Å²) < 4.78 is 2.41. The van der Waals surface area contributed by atoms with E-state index in [1.165, 1.54) is 128 Å². The van der Waals surface area contributed by atoms with Gasteiger partial charge in [0.25, 0.3) is 0 Å². The predicted molar refractivity (Wildman–Crippen MR) is 299 cm³/mol. The third-order valence-electron chi connectivity index (χ3n) is 16.8. The summed E-state index contributed by atoms with van der Waals surface area (Å²) in [5.74, 6) is 0. The van der Waals surface area contributed by atoms with Gasteiger partial charge in [-0.15, -0.1) is 0 Å². The summed E-state index contributed by atoms with van der Waals surface area (Å²) in [6.07, 6.45) is 0. The van der Waals surface area contributed by atoms with Gasteiger partial charge in [0.1, 0.15) is 0 Å². The van der Waals surface area contributed by atoms with E-state index in [1.807, 2.05) is 0 Å². The summed E-state index contributed by atoms with van der Waals surface area (Å²) in [5, 5.41) is 2.52. The van der Waals surface area contributed by atoms with Gasteiger partial charge in [0.15, 0.2) is 0 Å². The molecule has 3 aliphatic carbocycles. The van der Waals surface area contributed by atoms with Crippen molar-refractivity contribution in [2.24, 2.45) is 0 Å². The van der Waals surface area contributed by atoms with Gasteiger partial charge in [0.2, 0.25) is 0 Å². The molecule has 0 saturated heterocycles. The number of anilines is 3. The molecule has 0 amide bonds. The Morgan fingerprint density at radius 1 is 0.282 bits per heavy atom. The van der Waals surface area contributed by atoms with Gasteiger partial charge in [-0.1, -0.05) is 187 Å². The maximum Gasteiger partial charge on any atom is 0.0541 e. The van der Waals surface area contributed by atoms with Crippen LogP contribution in [0, 0.1) is 0 Å². The highest BCUT2D eigenvalue weighted by Gasteiger charge is 2.40. The van der Waals surface area contributed by atoms with Gasteiger partial charge in [-0.05, 0) is 162 Å². The lowest BCUT2D eigenvalue weighted by molar-refractivity contribution is 0.659. The second-order valence-electron chi connectivity index (χ2n) is 21.7. The molecule has 11 aromatic rings. The van der Waals surface area contributed by atoms with Crippen LogP contribution >= 0.6 is 0 Å². The number of para-hydroxylation sites is 1. The molecule has 0 spiro atoms. The van der Waals surface area contributed by atoms with E-state index >= 15 is 0 Å². The van der Waals surface area contributed by atoms with E-state index in [2.05, 4.69) is 269 Å². The summed E-state index contributed by atoms with van der Waals surface area (Å²) in [6.45, 7) is 14.4. The summed E-state index contributed by atoms with van der Waals surface area (Å²) in [5.41, 5.74) is 27.8. The maximum atomic E-state index is 2.52. The van der Waals surface area contributed by atoms with Crippen LogP contribution < -0.4 is 4.90 Å². The first-order valence-electron chi connectivity index (χ1n) is 25.2. The molecule has 10 aromatic carbocycles. The highest BCUT2D eigenvalue weighted by molar-refractivity contribution is 6.10. The minimum absolute atomic E-state index is 0.120. The van der Waals surface area contributed by atoms with Crippen LogP contribution in [0.25, 0.3) is 83.1 Å². The molecule has 1 aromatic heterocycles. The molecule has 1 heterocycles. The lowest BCUT2D eigenvalue weighted by Gasteiger charge is -2.31. The Morgan fingerprint density at radius 2 is 0.676 bits per heavy atom. The number of rotatable bonds is 6. The quantitative estimate of drug-likeness (QED) is 0.161. The van der Waals surface area contributed by atoms with Gasteiger partial charge in [0.05, 0.1) is 11.0 Å².